The number of nitrogens with zero attached hydrogens (tertiary/aromatic N) is 4. The highest BCUT2D eigenvalue weighted by molar-refractivity contribution is 7.99. The van der Waals surface area contributed by atoms with Gasteiger partial charge in [-0.1, -0.05) is 11.8 Å². The minimum atomic E-state index is -0.113. The van der Waals surface area contributed by atoms with Crippen LogP contribution in [0.25, 0.3) is 0 Å². The van der Waals surface area contributed by atoms with Crippen LogP contribution in [0.4, 0.5) is 0 Å². The average molecular weight is 286 g/mol. The van der Waals surface area contributed by atoms with Crippen molar-refractivity contribution in [1.29, 1.82) is 0 Å². The fourth-order valence-corrected chi connectivity index (χ4v) is 2.64. The molecule has 1 aromatic rings. The maximum absolute atomic E-state index is 11.9. The molecule has 1 heterocycles. The third kappa shape index (κ3) is 3.92. The SMILES string of the molecule is O=C(CSc1nncn1C1CC1)N(CCO)CCO. The zero-order valence-electron chi connectivity index (χ0n) is 10.6. The fourth-order valence-electron chi connectivity index (χ4n) is 1.76. The maximum atomic E-state index is 11.9. The molecular formula is C11H18N4O3S. The molecule has 0 aromatic carbocycles. The number of carbonyl (C=O) groups is 1. The van der Waals surface area contributed by atoms with Gasteiger partial charge >= 0.3 is 0 Å². The lowest BCUT2D eigenvalue weighted by Crippen LogP contribution is -2.37. The van der Waals surface area contributed by atoms with Gasteiger partial charge in [0.05, 0.1) is 19.0 Å². The molecule has 8 heteroatoms. The van der Waals surface area contributed by atoms with Gasteiger partial charge in [0.2, 0.25) is 5.91 Å². The molecule has 1 aliphatic carbocycles. The summed E-state index contributed by atoms with van der Waals surface area (Å²) in [6.45, 7) is 0.286. The molecular weight excluding hydrogens is 268 g/mol. The first-order valence-corrected chi connectivity index (χ1v) is 7.26. The molecule has 0 bridgehead atoms. The van der Waals surface area contributed by atoms with Crippen molar-refractivity contribution in [3.8, 4) is 0 Å². The number of hydrogen-bond donors (Lipinski definition) is 2. The minimum Gasteiger partial charge on any atom is -0.395 e. The Labute approximate surface area is 115 Å². The third-order valence-corrected chi connectivity index (χ3v) is 3.84. The smallest absolute Gasteiger partial charge is 0.233 e. The molecule has 106 valence electrons. The highest BCUT2D eigenvalue weighted by Gasteiger charge is 2.26. The van der Waals surface area contributed by atoms with Crippen LogP contribution in [0.15, 0.2) is 11.5 Å². The normalized spacial score (nSPS) is 14.6. The molecule has 1 amide bonds. The van der Waals surface area contributed by atoms with Crippen LogP contribution in [0.3, 0.4) is 0 Å². The summed E-state index contributed by atoms with van der Waals surface area (Å²) in [4.78, 5) is 13.4. The number of aliphatic hydroxyl groups excluding tert-OH is 2. The lowest BCUT2D eigenvalue weighted by atomic mass is 10.4. The second kappa shape index (κ2) is 6.88. The largest absolute Gasteiger partial charge is 0.395 e. The molecule has 0 spiro atoms. The summed E-state index contributed by atoms with van der Waals surface area (Å²) in [5.41, 5.74) is 0. The van der Waals surface area contributed by atoms with E-state index >= 15 is 0 Å². The number of aliphatic hydroxyl groups is 2. The van der Waals surface area contributed by atoms with Crippen LogP contribution in [0.1, 0.15) is 18.9 Å². The van der Waals surface area contributed by atoms with E-state index < -0.39 is 0 Å². The Morgan fingerprint density at radius 1 is 1.42 bits per heavy atom. The van der Waals surface area contributed by atoms with Gasteiger partial charge in [-0.15, -0.1) is 10.2 Å². The van der Waals surface area contributed by atoms with Crippen molar-refractivity contribution in [2.24, 2.45) is 0 Å². The third-order valence-electron chi connectivity index (χ3n) is 2.90. The van der Waals surface area contributed by atoms with Gasteiger partial charge in [-0.25, -0.2) is 0 Å². The summed E-state index contributed by atoms with van der Waals surface area (Å²) in [5, 5.41) is 26.4. The first-order valence-electron chi connectivity index (χ1n) is 6.28. The van der Waals surface area contributed by atoms with Crippen LogP contribution in [0.2, 0.25) is 0 Å². The Bertz CT molecular complexity index is 416. The summed E-state index contributed by atoms with van der Waals surface area (Å²) in [6.07, 6.45) is 3.98. The van der Waals surface area contributed by atoms with Crippen molar-refractivity contribution in [1.82, 2.24) is 19.7 Å². The van der Waals surface area contributed by atoms with Crippen molar-refractivity contribution in [3.63, 3.8) is 0 Å². The Kier molecular flexibility index (Phi) is 5.17. The molecule has 0 atom stereocenters. The van der Waals surface area contributed by atoms with Crippen LogP contribution >= 0.6 is 11.8 Å². The molecule has 0 unspecified atom stereocenters. The first kappa shape index (κ1) is 14.3. The van der Waals surface area contributed by atoms with Crippen molar-refractivity contribution >= 4 is 17.7 Å². The number of thioether (sulfide) groups is 1. The first-order chi connectivity index (χ1) is 9.26. The van der Waals surface area contributed by atoms with Gasteiger partial charge < -0.3 is 19.7 Å². The number of aromatic nitrogens is 3. The second-order valence-electron chi connectivity index (χ2n) is 4.37. The van der Waals surface area contributed by atoms with E-state index in [0.717, 1.165) is 18.0 Å². The quantitative estimate of drug-likeness (QED) is 0.627. The van der Waals surface area contributed by atoms with E-state index in [0.29, 0.717) is 6.04 Å². The standard InChI is InChI=1S/C11H18N4O3S/c16-5-3-14(4-6-17)10(18)7-19-11-13-12-8-15(11)9-1-2-9/h8-9,16-17H,1-7H2. The van der Waals surface area contributed by atoms with Crippen molar-refractivity contribution in [2.45, 2.75) is 24.0 Å². The molecule has 0 aliphatic heterocycles. The van der Waals surface area contributed by atoms with Crippen LogP contribution < -0.4 is 0 Å². The van der Waals surface area contributed by atoms with Gasteiger partial charge in [-0.2, -0.15) is 0 Å². The molecule has 1 saturated carbocycles. The second-order valence-corrected chi connectivity index (χ2v) is 5.31. The topological polar surface area (TPSA) is 91.5 Å². The number of hydrogen-bond acceptors (Lipinski definition) is 6. The molecule has 7 nitrogen and oxygen atoms in total. The summed E-state index contributed by atoms with van der Waals surface area (Å²) in [6, 6.07) is 0.485. The van der Waals surface area contributed by atoms with E-state index in [9.17, 15) is 4.79 Å². The lowest BCUT2D eigenvalue weighted by molar-refractivity contribution is -0.129. The van der Waals surface area contributed by atoms with E-state index in [1.54, 1.807) is 6.33 Å². The average Bonchev–Trinajstić information content (AvgIpc) is 3.15. The van der Waals surface area contributed by atoms with Gasteiger partial charge in [0.1, 0.15) is 6.33 Å². The van der Waals surface area contributed by atoms with E-state index in [2.05, 4.69) is 10.2 Å². The number of amides is 1. The predicted octanol–water partition coefficient (Wildman–Crippen LogP) is -0.482. The Hall–Kier alpha value is -1.12. The zero-order valence-corrected chi connectivity index (χ0v) is 11.4. The van der Waals surface area contributed by atoms with Gasteiger partial charge in [-0.05, 0) is 12.8 Å². The van der Waals surface area contributed by atoms with Gasteiger partial charge in [-0.3, -0.25) is 4.79 Å². The molecule has 0 saturated heterocycles. The van der Waals surface area contributed by atoms with Gasteiger partial charge in [0, 0.05) is 19.1 Å². The monoisotopic (exact) mass is 286 g/mol. The van der Waals surface area contributed by atoms with Crippen molar-refractivity contribution in [3.05, 3.63) is 6.33 Å². The highest BCUT2D eigenvalue weighted by Crippen LogP contribution is 2.37. The Morgan fingerprint density at radius 2 is 2.11 bits per heavy atom. The molecule has 0 radical (unpaired) electrons. The zero-order chi connectivity index (χ0) is 13.7. The fraction of sp³-hybridized carbons (Fsp3) is 0.727. The summed E-state index contributed by atoms with van der Waals surface area (Å²) >= 11 is 1.35. The van der Waals surface area contributed by atoms with Gasteiger partial charge in [0.15, 0.2) is 5.16 Å². The number of carbonyl (C=O) groups excluding carboxylic acids is 1. The summed E-state index contributed by atoms with van der Waals surface area (Å²) in [7, 11) is 0. The van der Waals surface area contributed by atoms with Gasteiger partial charge in [0.25, 0.3) is 0 Å². The predicted molar refractivity (Wildman–Crippen MR) is 69.8 cm³/mol. The Balaban J connectivity index is 1.86. The lowest BCUT2D eigenvalue weighted by Gasteiger charge is -2.20. The highest BCUT2D eigenvalue weighted by atomic mass is 32.2. The summed E-state index contributed by atoms with van der Waals surface area (Å²) in [5.74, 6) is 0.129. The van der Waals surface area contributed by atoms with E-state index in [1.165, 1.54) is 16.7 Å². The van der Waals surface area contributed by atoms with Crippen LogP contribution in [0, 0.1) is 0 Å². The van der Waals surface area contributed by atoms with E-state index in [1.807, 2.05) is 4.57 Å². The van der Waals surface area contributed by atoms with Crippen LogP contribution in [-0.2, 0) is 4.79 Å². The molecule has 2 rings (SSSR count). The van der Waals surface area contributed by atoms with E-state index in [4.69, 9.17) is 10.2 Å². The minimum absolute atomic E-state index is 0.103. The Morgan fingerprint density at radius 3 is 2.68 bits per heavy atom. The van der Waals surface area contributed by atoms with Crippen molar-refractivity contribution in [2.75, 3.05) is 32.1 Å². The summed E-state index contributed by atoms with van der Waals surface area (Å²) < 4.78 is 2.00. The molecule has 1 aromatic heterocycles. The maximum Gasteiger partial charge on any atom is 0.233 e. The van der Waals surface area contributed by atoms with Crippen LogP contribution in [-0.4, -0.2) is 67.8 Å². The van der Waals surface area contributed by atoms with E-state index in [-0.39, 0.29) is 38.0 Å². The molecule has 19 heavy (non-hydrogen) atoms. The molecule has 1 fully saturated rings. The molecule has 2 N–H and O–H groups in total. The van der Waals surface area contributed by atoms with Crippen LogP contribution in [0.5, 0.6) is 0 Å². The number of rotatable bonds is 8. The molecule has 1 aliphatic rings. The van der Waals surface area contributed by atoms with Crippen molar-refractivity contribution < 1.29 is 15.0 Å².